The summed E-state index contributed by atoms with van der Waals surface area (Å²) in [6.07, 6.45) is 4.79. The van der Waals surface area contributed by atoms with Crippen molar-refractivity contribution in [3.8, 4) is 40.2 Å². The average Bonchev–Trinajstić information content (AvgIpc) is 3.17. The highest BCUT2D eigenvalue weighted by Crippen LogP contribution is 2.25. The van der Waals surface area contributed by atoms with Crippen LogP contribution in [0, 0.1) is 11.3 Å². The Balaban J connectivity index is 0.000000290. The molecule has 4 aromatic carbocycles. The van der Waals surface area contributed by atoms with E-state index in [0.29, 0.717) is 58.5 Å². The predicted molar refractivity (Wildman–Crippen MR) is 200 cm³/mol. The van der Waals surface area contributed by atoms with Crippen LogP contribution in [-0.2, 0) is 19.1 Å². The first-order valence-corrected chi connectivity index (χ1v) is 16.7. The summed E-state index contributed by atoms with van der Waals surface area (Å²) in [5, 5.41) is 8.78. The van der Waals surface area contributed by atoms with Gasteiger partial charge in [0, 0.05) is 17.2 Å². The molecule has 0 aliphatic carbocycles. The number of unbranched alkanes of at least 4 members (excludes halogenated alkanes) is 3. The van der Waals surface area contributed by atoms with Crippen molar-refractivity contribution in [3.63, 3.8) is 0 Å². The molecule has 0 atom stereocenters. The van der Waals surface area contributed by atoms with Crippen molar-refractivity contribution in [1.29, 1.82) is 5.26 Å². The van der Waals surface area contributed by atoms with Gasteiger partial charge in [-0.3, -0.25) is 0 Å². The molecule has 4 aromatic rings. The summed E-state index contributed by atoms with van der Waals surface area (Å²) in [5.74, 6) is 0.208. The molecule has 0 radical (unpaired) electrons. The monoisotopic (exact) mass is 715 g/mol. The Morgan fingerprint density at radius 2 is 1.04 bits per heavy atom. The molecule has 0 aliphatic heterocycles. The fourth-order valence-corrected chi connectivity index (χ4v) is 4.25. The number of benzene rings is 4. The van der Waals surface area contributed by atoms with Crippen LogP contribution >= 0.6 is 0 Å². The molecule has 0 saturated carbocycles. The minimum absolute atomic E-state index is 0.346. The summed E-state index contributed by atoms with van der Waals surface area (Å²) in [4.78, 5) is 46.0. The van der Waals surface area contributed by atoms with Crippen LogP contribution in [0.5, 0.6) is 23.0 Å². The minimum atomic E-state index is -0.474. The van der Waals surface area contributed by atoms with Gasteiger partial charge in [-0.1, -0.05) is 44.0 Å². The highest BCUT2D eigenvalue weighted by molar-refractivity contribution is 5.91. The van der Waals surface area contributed by atoms with E-state index in [1.165, 1.54) is 0 Å². The summed E-state index contributed by atoms with van der Waals surface area (Å²) in [6, 6.07) is 29.3. The molecule has 272 valence electrons. The van der Waals surface area contributed by atoms with E-state index in [1.807, 2.05) is 30.3 Å². The normalized spacial score (nSPS) is 9.91. The number of esters is 4. The van der Waals surface area contributed by atoms with E-state index in [4.69, 9.17) is 28.9 Å². The second-order valence-electron chi connectivity index (χ2n) is 11.6. The van der Waals surface area contributed by atoms with Gasteiger partial charge in [0.05, 0.1) is 30.4 Å². The Labute approximate surface area is 309 Å². The first-order valence-electron chi connectivity index (χ1n) is 16.7. The summed E-state index contributed by atoms with van der Waals surface area (Å²) in [6.45, 7) is 14.6. The van der Waals surface area contributed by atoms with Crippen molar-refractivity contribution >= 4 is 23.9 Å². The average molecular weight is 716 g/mol. The van der Waals surface area contributed by atoms with Gasteiger partial charge >= 0.3 is 23.9 Å². The van der Waals surface area contributed by atoms with E-state index < -0.39 is 23.9 Å². The smallest absolute Gasteiger partial charge is 0.343 e. The number of carbonyl (C=O) groups excluding carboxylic acids is 4. The van der Waals surface area contributed by atoms with Gasteiger partial charge in [-0.15, -0.1) is 0 Å². The minimum Gasteiger partial charge on any atom is -0.494 e. The summed E-state index contributed by atoms with van der Waals surface area (Å²) in [7, 11) is 0. The molecule has 0 N–H and O–H groups in total. The van der Waals surface area contributed by atoms with Crippen molar-refractivity contribution < 1.29 is 42.9 Å². The number of carbonyl (C=O) groups is 4. The van der Waals surface area contributed by atoms with Gasteiger partial charge < -0.3 is 23.7 Å². The molecule has 0 aromatic heterocycles. The third kappa shape index (κ3) is 14.6. The van der Waals surface area contributed by atoms with Gasteiger partial charge in [-0.05, 0) is 123 Å². The molecular formula is C43H41NO9. The Hall–Kier alpha value is -6.73. The van der Waals surface area contributed by atoms with Crippen LogP contribution in [0.2, 0.25) is 0 Å². The lowest BCUT2D eigenvalue weighted by molar-refractivity contribution is -0.138. The lowest BCUT2D eigenvalue weighted by Gasteiger charge is -2.08. The number of rotatable bonds is 16. The van der Waals surface area contributed by atoms with Crippen molar-refractivity contribution in [2.75, 3.05) is 13.2 Å². The number of ether oxygens (including phenoxy) is 5. The zero-order valence-electron chi connectivity index (χ0n) is 29.8. The van der Waals surface area contributed by atoms with E-state index in [9.17, 15) is 19.2 Å². The first kappa shape index (κ1) is 40.7. The van der Waals surface area contributed by atoms with Crippen LogP contribution in [0.3, 0.4) is 0 Å². The van der Waals surface area contributed by atoms with Crippen molar-refractivity contribution in [2.45, 2.75) is 39.5 Å². The Morgan fingerprint density at radius 1 is 0.604 bits per heavy atom. The van der Waals surface area contributed by atoms with Crippen LogP contribution in [0.4, 0.5) is 0 Å². The molecule has 0 fully saturated rings. The van der Waals surface area contributed by atoms with Gasteiger partial charge in [0.1, 0.15) is 23.0 Å². The predicted octanol–water partition coefficient (Wildman–Crippen LogP) is 8.76. The third-order valence-corrected chi connectivity index (χ3v) is 7.16. The third-order valence-electron chi connectivity index (χ3n) is 7.16. The van der Waals surface area contributed by atoms with E-state index >= 15 is 0 Å². The summed E-state index contributed by atoms with van der Waals surface area (Å²) >= 11 is 0. The van der Waals surface area contributed by atoms with Gasteiger partial charge in [-0.25, -0.2) is 19.2 Å². The summed E-state index contributed by atoms with van der Waals surface area (Å²) in [5.41, 5.74) is 3.50. The van der Waals surface area contributed by atoms with Crippen molar-refractivity contribution in [1.82, 2.24) is 0 Å². The molecule has 0 spiro atoms. The molecule has 0 amide bonds. The standard InChI is InChI=1S/C23H23NO5.C20H18O4/c1-2-22(25)28-16-6-4-3-5-15-27-20-13-9-19(10-14-20)23(26)29-21-11-7-18(17-24)8-12-21;1-13(2)19(21)23-17-9-5-15(6-10-17)16-7-11-18(12-8-16)24-20(22)14(3)4/h2,7-14H,1,3-6,15-16H2;5-12H,1,3H2,2,4H3. The molecule has 0 unspecified atom stereocenters. The molecule has 4 rings (SSSR count). The number of nitriles is 1. The zero-order chi connectivity index (χ0) is 38.6. The quantitative estimate of drug-likeness (QED) is 0.0479. The first-order chi connectivity index (χ1) is 25.5. The summed E-state index contributed by atoms with van der Waals surface area (Å²) < 4.78 is 26.1. The molecule has 10 heteroatoms. The van der Waals surface area contributed by atoms with Crippen LogP contribution in [0.25, 0.3) is 11.1 Å². The lowest BCUT2D eigenvalue weighted by Crippen LogP contribution is -2.08. The van der Waals surface area contributed by atoms with Crippen LogP contribution in [0.15, 0.2) is 134 Å². The van der Waals surface area contributed by atoms with Crippen LogP contribution in [0.1, 0.15) is 55.5 Å². The van der Waals surface area contributed by atoms with Crippen molar-refractivity contribution in [3.05, 3.63) is 145 Å². The number of hydrogen-bond donors (Lipinski definition) is 0. The highest BCUT2D eigenvalue weighted by Gasteiger charge is 2.10. The molecule has 53 heavy (non-hydrogen) atoms. The van der Waals surface area contributed by atoms with E-state index in [2.05, 4.69) is 19.7 Å². The lowest BCUT2D eigenvalue weighted by atomic mass is 10.1. The molecule has 0 heterocycles. The SMILES string of the molecule is C=C(C)C(=O)Oc1ccc(-c2ccc(OC(=O)C(=C)C)cc2)cc1.C=CC(=O)OCCCCCCOc1ccc(C(=O)Oc2ccc(C#N)cc2)cc1. The molecule has 0 saturated heterocycles. The van der Waals surface area contributed by atoms with E-state index in [0.717, 1.165) is 42.9 Å². The van der Waals surface area contributed by atoms with Gasteiger partial charge in [0.2, 0.25) is 0 Å². The molecular weight excluding hydrogens is 674 g/mol. The van der Waals surface area contributed by atoms with Gasteiger partial charge in [-0.2, -0.15) is 5.26 Å². The zero-order valence-corrected chi connectivity index (χ0v) is 29.8. The number of nitrogens with zero attached hydrogens (tertiary/aromatic N) is 1. The molecule has 10 nitrogen and oxygen atoms in total. The molecule has 0 aliphatic rings. The Morgan fingerprint density at radius 3 is 1.49 bits per heavy atom. The van der Waals surface area contributed by atoms with Gasteiger partial charge in [0.25, 0.3) is 0 Å². The largest absolute Gasteiger partial charge is 0.494 e. The van der Waals surface area contributed by atoms with Crippen LogP contribution < -0.4 is 18.9 Å². The maximum absolute atomic E-state index is 12.2. The topological polar surface area (TPSA) is 138 Å². The second-order valence-corrected chi connectivity index (χ2v) is 11.6. The van der Waals surface area contributed by atoms with Crippen LogP contribution in [-0.4, -0.2) is 37.1 Å². The maximum atomic E-state index is 12.2. The van der Waals surface area contributed by atoms with E-state index in [-0.39, 0.29) is 0 Å². The fourth-order valence-electron chi connectivity index (χ4n) is 4.25. The maximum Gasteiger partial charge on any atom is 0.343 e. The Bertz CT molecular complexity index is 1850. The highest BCUT2D eigenvalue weighted by atomic mass is 16.5. The Kier molecular flexibility index (Phi) is 16.5. The van der Waals surface area contributed by atoms with Gasteiger partial charge in [0.15, 0.2) is 0 Å². The van der Waals surface area contributed by atoms with Crippen molar-refractivity contribution in [2.24, 2.45) is 0 Å². The fraction of sp³-hybridized carbons (Fsp3) is 0.186. The molecule has 0 bridgehead atoms. The number of hydrogen-bond acceptors (Lipinski definition) is 10. The second kappa shape index (κ2) is 21.5. The van der Waals surface area contributed by atoms with E-state index in [1.54, 1.807) is 86.6 Å².